The number of carbonyl (C=O) groups is 2. The number of hydrogen-bond acceptors (Lipinski definition) is 3. The van der Waals surface area contributed by atoms with Gasteiger partial charge in [-0.25, -0.2) is 14.0 Å². The number of hydrogen-bond donors (Lipinski definition) is 2. The summed E-state index contributed by atoms with van der Waals surface area (Å²) in [5.74, 6) is -1.75. The van der Waals surface area contributed by atoms with E-state index in [9.17, 15) is 19.1 Å². The predicted octanol–water partition coefficient (Wildman–Crippen LogP) is 3.60. The summed E-state index contributed by atoms with van der Waals surface area (Å²) in [7, 11) is 0. The molecule has 0 saturated carbocycles. The Kier molecular flexibility index (Phi) is 4.13. The van der Waals surface area contributed by atoms with Crippen LogP contribution in [0.1, 0.15) is 67.6 Å². The quantitative estimate of drug-likeness (QED) is 0.875. The maximum atomic E-state index is 14.0. The van der Waals surface area contributed by atoms with Gasteiger partial charge in [-0.3, -0.25) is 0 Å². The third kappa shape index (κ3) is 3.21. The van der Waals surface area contributed by atoms with E-state index in [-0.39, 0.29) is 11.5 Å². The van der Waals surface area contributed by atoms with Crippen LogP contribution in [0.2, 0.25) is 0 Å². The molecule has 2 rings (SSSR count). The van der Waals surface area contributed by atoms with Gasteiger partial charge in [-0.1, -0.05) is 6.92 Å². The van der Waals surface area contributed by atoms with E-state index in [0.29, 0.717) is 17.5 Å². The average Bonchev–Trinajstić information content (AvgIpc) is 2.65. The van der Waals surface area contributed by atoms with Crippen molar-refractivity contribution in [1.82, 2.24) is 5.32 Å². The maximum Gasteiger partial charge on any atom is 0.408 e. The fraction of sp³-hybridized carbons (Fsp3) is 0.500. The van der Waals surface area contributed by atoms with Gasteiger partial charge < -0.3 is 15.2 Å². The molecule has 1 aliphatic carbocycles. The third-order valence-electron chi connectivity index (χ3n) is 3.59. The van der Waals surface area contributed by atoms with Gasteiger partial charge in [-0.15, -0.1) is 0 Å². The third-order valence-corrected chi connectivity index (χ3v) is 3.59. The number of ether oxygens (including phenoxy) is 1. The van der Waals surface area contributed by atoms with Crippen molar-refractivity contribution >= 4 is 12.1 Å². The van der Waals surface area contributed by atoms with Crippen molar-refractivity contribution in [3.05, 3.63) is 34.6 Å². The van der Waals surface area contributed by atoms with Crippen LogP contribution < -0.4 is 5.32 Å². The van der Waals surface area contributed by atoms with Gasteiger partial charge in [0.25, 0.3) is 0 Å². The van der Waals surface area contributed by atoms with E-state index in [2.05, 4.69) is 5.32 Å². The number of nitrogens with one attached hydrogen (secondary N) is 1. The highest BCUT2D eigenvalue weighted by atomic mass is 19.1. The molecular formula is C16H20FNO4. The normalized spacial score (nSPS) is 20.4. The number of aromatic carboxylic acids is 1. The number of halogens is 1. The van der Waals surface area contributed by atoms with Crippen LogP contribution in [0, 0.1) is 5.82 Å². The topological polar surface area (TPSA) is 75.6 Å². The Balaban J connectivity index is 2.34. The zero-order valence-corrected chi connectivity index (χ0v) is 13.1. The smallest absolute Gasteiger partial charge is 0.408 e. The van der Waals surface area contributed by atoms with Gasteiger partial charge in [0.05, 0.1) is 11.6 Å². The van der Waals surface area contributed by atoms with E-state index in [1.54, 1.807) is 20.8 Å². The first-order valence-corrected chi connectivity index (χ1v) is 7.15. The van der Waals surface area contributed by atoms with Crippen molar-refractivity contribution in [3.8, 4) is 0 Å². The Morgan fingerprint density at radius 2 is 1.95 bits per heavy atom. The first-order chi connectivity index (χ1) is 10.1. The summed E-state index contributed by atoms with van der Waals surface area (Å²) in [6.07, 6.45) is -0.200. The Morgan fingerprint density at radius 3 is 2.50 bits per heavy atom. The summed E-state index contributed by atoms with van der Waals surface area (Å²) < 4.78 is 19.2. The second-order valence-corrected chi connectivity index (χ2v) is 6.56. The highest BCUT2D eigenvalue weighted by Crippen LogP contribution is 2.43. The van der Waals surface area contributed by atoms with Crippen molar-refractivity contribution in [2.45, 2.75) is 51.7 Å². The Hall–Kier alpha value is -2.11. The van der Waals surface area contributed by atoms with Crippen LogP contribution in [0.25, 0.3) is 0 Å². The molecule has 0 bridgehead atoms. The van der Waals surface area contributed by atoms with Crippen molar-refractivity contribution in [2.75, 3.05) is 0 Å². The molecule has 2 N–H and O–H groups in total. The summed E-state index contributed by atoms with van der Waals surface area (Å²) >= 11 is 0. The molecule has 0 radical (unpaired) electrons. The first-order valence-electron chi connectivity index (χ1n) is 7.15. The van der Waals surface area contributed by atoms with Crippen LogP contribution in [-0.2, 0) is 4.74 Å². The van der Waals surface area contributed by atoms with Crippen molar-refractivity contribution < 1.29 is 23.8 Å². The number of carboxylic acid groups (broad SMARTS) is 1. The Bertz CT molecular complexity index is 621. The fourth-order valence-corrected chi connectivity index (χ4v) is 2.84. The molecule has 1 amide bonds. The number of alkyl carbamates (subject to hydrolysis) is 1. The molecule has 0 fully saturated rings. The average molecular weight is 309 g/mol. The molecular weight excluding hydrogens is 289 g/mol. The monoisotopic (exact) mass is 309 g/mol. The highest BCUT2D eigenvalue weighted by molar-refractivity contribution is 5.90. The fourth-order valence-electron chi connectivity index (χ4n) is 2.84. The molecule has 6 heteroatoms. The second kappa shape index (κ2) is 5.59. The van der Waals surface area contributed by atoms with Crippen LogP contribution in [0.3, 0.4) is 0 Å². The zero-order valence-electron chi connectivity index (χ0n) is 13.1. The summed E-state index contributed by atoms with van der Waals surface area (Å²) in [5, 5.41) is 12.0. The largest absolute Gasteiger partial charge is 0.478 e. The van der Waals surface area contributed by atoms with Crippen LogP contribution in [0.4, 0.5) is 9.18 Å². The molecule has 0 unspecified atom stereocenters. The zero-order chi connectivity index (χ0) is 16.7. The SMILES string of the molecule is C[C@H]1C[C@H](NC(=O)OC(C)(C)C)c2c(C(=O)O)ccc(F)c21. The molecule has 0 aromatic heterocycles. The van der Waals surface area contributed by atoms with Crippen LogP contribution >= 0.6 is 0 Å². The number of carboxylic acids is 1. The highest BCUT2D eigenvalue weighted by Gasteiger charge is 2.36. The van der Waals surface area contributed by atoms with E-state index >= 15 is 0 Å². The van der Waals surface area contributed by atoms with Gasteiger partial charge >= 0.3 is 12.1 Å². The van der Waals surface area contributed by atoms with Gasteiger partial charge in [-0.05, 0) is 56.4 Å². The van der Waals surface area contributed by atoms with Crippen molar-refractivity contribution in [1.29, 1.82) is 0 Å². The molecule has 0 aliphatic heterocycles. The van der Waals surface area contributed by atoms with Gasteiger partial charge in [0.15, 0.2) is 0 Å². The Morgan fingerprint density at radius 1 is 1.32 bits per heavy atom. The molecule has 0 heterocycles. The predicted molar refractivity (Wildman–Crippen MR) is 78.5 cm³/mol. The maximum absolute atomic E-state index is 14.0. The number of carbonyl (C=O) groups excluding carboxylic acids is 1. The minimum Gasteiger partial charge on any atom is -0.478 e. The second-order valence-electron chi connectivity index (χ2n) is 6.56. The molecule has 0 saturated heterocycles. The molecule has 0 spiro atoms. The molecule has 1 aromatic rings. The van der Waals surface area contributed by atoms with Crippen molar-refractivity contribution in [2.24, 2.45) is 0 Å². The molecule has 120 valence electrons. The molecule has 22 heavy (non-hydrogen) atoms. The standard InChI is InChI=1S/C16H20FNO4/c1-8-7-11(18-15(21)22-16(2,3)4)13-9(14(19)20)5-6-10(17)12(8)13/h5-6,8,11H,7H2,1-4H3,(H,18,21)(H,19,20)/t8-,11-/m0/s1. The first kappa shape index (κ1) is 16.3. The van der Waals surface area contributed by atoms with E-state index in [0.717, 1.165) is 6.07 Å². The number of benzene rings is 1. The van der Waals surface area contributed by atoms with Crippen molar-refractivity contribution in [3.63, 3.8) is 0 Å². The minimum atomic E-state index is -1.14. The Labute approximate surface area is 128 Å². The molecule has 5 nitrogen and oxygen atoms in total. The van der Waals surface area contributed by atoms with Gasteiger partial charge in [0.1, 0.15) is 11.4 Å². The number of rotatable bonds is 2. The number of amides is 1. The van der Waals surface area contributed by atoms with E-state index in [1.807, 2.05) is 6.92 Å². The summed E-state index contributed by atoms with van der Waals surface area (Å²) in [6.45, 7) is 7.02. The van der Waals surface area contributed by atoms with E-state index in [1.165, 1.54) is 6.07 Å². The van der Waals surface area contributed by atoms with Gasteiger partial charge in [-0.2, -0.15) is 0 Å². The lowest BCUT2D eigenvalue weighted by molar-refractivity contribution is 0.0499. The minimum absolute atomic E-state index is 0.0156. The molecule has 2 atom stereocenters. The summed E-state index contributed by atoms with van der Waals surface area (Å²) in [6, 6.07) is 1.83. The van der Waals surface area contributed by atoms with Crippen LogP contribution in [0.5, 0.6) is 0 Å². The van der Waals surface area contributed by atoms with E-state index in [4.69, 9.17) is 4.74 Å². The summed E-state index contributed by atoms with van der Waals surface area (Å²) in [5.41, 5.74) is 0.0583. The lowest BCUT2D eigenvalue weighted by atomic mass is 9.98. The lowest BCUT2D eigenvalue weighted by Crippen LogP contribution is -2.34. The molecule has 1 aliphatic rings. The van der Waals surface area contributed by atoms with Crippen LogP contribution in [-0.4, -0.2) is 22.8 Å². The summed E-state index contributed by atoms with van der Waals surface area (Å²) in [4.78, 5) is 23.3. The van der Waals surface area contributed by atoms with E-state index < -0.39 is 29.5 Å². The number of fused-ring (bicyclic) bond motifs is 1. The van der Waals surface area contributed by atoms with Gasteiger partial charge in [0, 0.05) is 0 Å². The molecule has 1 aromatic carbocycles. The van der Waals surface area contributed by atoms with Crippen LogP contribution in [0.15, 0.2) is 12.1 Å². The van der Waals surface area contributed by atoms with Gasteiger partial charge in [0.2, 0.25) is 0 Å². The lowest BCUT2D eigenvalue weighted by Gasteiger charge is -2.22.